The molecule has 1 amide bonds. The van der Waals surface area contributed by atoms with Crippen LogP contribution >= 0.6 is 23.4 Å². The smallest absolute Gasteiger partial charge is 0.237 e. The van der Waals surface area contributed by atoms with Gasteiger partial charge in [-0.1, -0.05) is 53.7 Å². The van der Waals surface area contributed by atoms with Crippen molar-refractivity contribution in [3.8, 4) is 11.4 Å². The van der Waals surface area contributed by atoms with E-state index >= 15 is 0 Å². The number of amides is 1. The number of aromatic nitrogens is 3. The zero-order chi connectivity index (χ0) is 18.5. The van der Waals surface area contributed by atoms with Gasteiger partial charge < -0.3 is 10.7 Å². The number of hydrogen-bond donors (Lipinski definition) is 1. The van der Waals surface area contributed by atoms with Gasteiger partial charge in [0.1, 0.15) is 0 Å². The van der Waals surface area contributed by atoms with Crippen molar-refractivity contribution in [3.05, 3.63) is 59.6 Å². The molecule has 1 heterocycles. The Morgan fingerprint density at radius 1 is 1.15 bits per heavy atom. The summed E-state index contributed by atoms with van der Waals surface area (Å²) in [5, 5.41) is 9.19. The van der Waals surface area contributed by atoms with Gasteiger partial charge in [-0.2, -0.15) is 0 Å². The molecule has 3 aromatic rings. The number of nitrogens with two attached hydrogens (primary N) is 1. The van der Waals surface area contributed by atoms with Crippen LogP contribution in [0.2, 0.25) is 5.02 Å². The van der Waals surface area contributed by atoms with Crippen molar-refractivity contribution in [1.82, 2.24) is 14.9 Å². The highest BCUT2D eigenvalue weighted by molar-refractivity contribution is 7.99. The van der Waals surface area contributed by atoms with E-state index in [0.29, 0.717) is 28.1 Å². The summed E-state index contributed by atoms with van der Waals surface area (Å²) < 4.78 is 1.36. The lowest BCUT2D eigenvalue weighted by molar-refractivity contribution is -0.116. The summed E-state index contributed by atoms with van der Waals surface area (Å²) in [4.78, 5) is 14.3. The molecule has 3 rings (SSSR count). The number of para-hydroxylation sites is 1. The van der Waals surface area contributed by atoms with E-state index in [2.05, 4.69) is 10.2 Å². The summed E-state index contributed by atoms with van der Waals surface area (Å²) in [7, 11) is 0. The first kappa shape index (κ1) is 18.3. The molecule has 0 saturated heterocycles. The quantitative estimate of drug-likeness (QED) is 0.517. The van der Waals surface area contributed by atoms with Crippen LogP contribution in [0, 0.1) is 0 Å². The number of benzene rings is 2. The van der Waals surface area contributed by atoms with E-state index in [9.17, 15) is 4.79 Å². The van der Waals surface area contributed by atoms with Gasteiger partial charge in [0.2, 0.25) is 11.1 Å². The van der Waals surface area contributed by atoms with Crippen molar-refractivity contribution in [3.63, 3.8) is 0 Å². The lowest BCUT2D eigenvalue weighted by Crippen LogP contribution is -2.32. The third-order valence-electron chi connectivity index (χ3n) is 3.79. The van der Waals surface area contributed by atoms with Crippen LogP contribution < -0.4 is 10.7 Å². The Morgan fingerprint density at radius 3 is 2.54 bits per heavy atom. The molecule has 0 aliphatic heterocycles. The average Bonchev–Trinajstić information content (AvgIpc) is 3.02. The second kappa shape index (κ2) is 8.25. The predicted molar refractivity (Wildman–Crippen MR) is 106 cm³/mol. The SMILES string of the molecule is CCN(C(=O)CSc1nnc(-c2ccccc2Cl)n1N)c1ccccc1. The second-order valence-corrected chi connectivity index (χ2v) is 6.77. The van der Waals surface area contributed by atoms with Crippen molar-refractivity contribution in [2.75, 3.05) is 23.0 Å². The molecule has 0 atom stereocenters. The first-order valence-corrected chi connectivity index (χ1v) is 9.41. The monoisotopic (exact) mass is 387 g/mol. The molecule has 0 fully saturated rings. The zero-order valence-electron chi connectivity index (χ0n) is 14.2. The van der Waals surface area contributed by atoms with Crippen LogP contribution in [0.4, 0.5) is 5.69 Å². The van der Waals surface area contributed by atoms with Gasteiger partial charge in [0, 0.05) is 17.8 Å². The Labute approximate surface area is 160 Å². The molecule has 134 valence electrons. The van der Waals surface area contributed by atoms with Crippen molar-refractivity contribution >= 4 is 35.0 Å². The maximum absolute atomic E-state index is 12.6. The fraction of sp³-hybridized carbons (Fsp3) is 0.167. The van der Waals surface area contributed by atoms with Crippen molar-refractivity contribution in [2.24, 2.45) is 0 Å². The molecule has 0 radical (unpaired) electrons. The highest BCUT2D eigenvalue weighted by Gasteiger charge is 2.18. The number of nitrogen functional groups attached to an aromatic ring is 1. The third kappa shape index (κ3) is 3.84. The average molecular weight is 388 g/mol. The summed E-state index contributed by atoms with van der Waals surface area (Å²) in [6.45, 7) is 2.53. The fourth-order valence-electron chi connectivity index (χ4n) is 2.52. The van der Waals surface area contributed by atoms with Gasteiger partial charge >= 0.3 is 0 Å². The van der Waals surface area contributed by atoms with E-state index < -0.39 is 0 Å². The molecule has 8 heteroatoms. The molecule has 0 saturated carbocycles. The van der Waals surface area contributed by atoms with Gasteiger partial charge in [-0.25, -0.2) is 4.68 Å². The van der Waals surface area contributed by atoms with E-state index in [0.717, 1.165) is 5.69 Å². The van der Waals surface area contributed by atoms with Gasteiger partial charge in [0.15, 0.2) is 5.82 Å². The van der Waals surface area contributed by atoms with Gasteiger partial charge in [-0.15, -0.1) is 10.2 Å². The number of carbonyl (C=O) groups excluding carboxylic acids is 1. The van der Waals surface area contributed by atoms with E-state index in [1.54, 1.807) is 11.0 Å². The molecular formula is C18H18ClN5OS. The zero-order valence-corrected chi connectivity index (χ0v) is 15.7. The molecule has 1 aromatic heterocycles. The summed E-state index contributed by atoms with van der Waals surface area (Å²) in [6, 6.07) is 16.8. The molecular weight excluding hydrogens is 370 g/mol. The molecule has 6 nitrogen and oxygen atoms in total. The van der Waals surface area contributed by atoms with Crippen LogP contribution in [0.3, 0.4) is 0 Å². The van der Waals surface area contributed by atoms with Gasteiger partial charge in [0.05, 0.1) is 10.8 Å². The molecule has 2 aromatic carbocycles. The minimum atomic E-state index is -0.0222. The van der Waals surface area contributed by atoms with E-state index in [4.69, 9.17) is 17.4 Å². The van der Waals surface area contributed by atoms with Gasteiger partial charge in [-0.05, 0) is 31.2 Å². The summed E-state index contributed by atoms with van der Waals surface area (Å²) >= 11 is 7.44. The molecule has 0 aliphatic rings. The lowest BCUT2D eigenvalue weighted by atomic mass is 10.2. The Balaban J connectivity index is 1.72. The van der Waals surface area contributed by atoms with Crippen molar-refractivity contribution in [1.29, 1.82) is 0 Å². The van der Waals surface area contributed by atoms with Crippen LogP contribution in [-0.2, 0) is 4.79 Å². The Bertz CT molecular complexity index is 900. The lowest BCUT2D eigenvalue weighted by Gasteiger charge is -2.20. The normalized spacial score (nSPS) is 10.7. The summed E-state index contributed by atoms with van der Waals surface area (Å²) in [6.07, 6.45) is 0. The van der Waals surface area contributed by atoms with E-state index in [1.807, 2.05) is 55.5 Å². The topological polar surface area (TPSA) is 77.0 Å². The Morgan fingerprint density at radius 2 is 1.85 bits per heavy atom. The maximum atomic E-state index is 12.6. The van der Waals surface area contributed by atoms with Crippen molar-refractivity contribution < 1.29 is 4.79 Å². The molecule has 2 N–H and O–H groups in total. The van der Waals surface area contributed by atoms with Crippen LogP contribution in [0.25, 0.3) is 11.4 Å². The van der Waals surface area contributed by atoms with E-state index in [1.165, 1.54) is 16.4 Å². The number of halogens is 1. The van der Waals surface area contributed by atoms with Crippen LogP contribution in [0.15, 0.2) is 59.8 Å². The van der Waals surface area contributed by atoms with Gasteiger partial charge in [0.25, 0.3) is 0 Å². The fourth-order valence-corrected chi connectivity index (χ4v) is 3.47. The highest BCUT2D eigenvalue weighted by Crippen LogP contribution is 2.27. The maximum Gasteiger partial charge on any atom is 0.237 e. The number of nitrogens with zero attached hydrogens (tertiary/aromatic N) is 4. The molecule has 0 aliphatic carbocycles. The minimum Gasteiger partial charge on any atom is -0.335 e. The highest BCUT2D eigenvalue weighted by atomic mass is 35.5. The number of hydrogen-bond acceptors (Lipinski definition) is 5. The second-order valence-electron chi connectivity index (χ2n) is 5.42. The Hall–Kier alpha value is -2.51. The van der Waals surface area contributed by atoms with Crippen LogP contribution in [0.1, 0.15) is 6.92 Å². The van der Waals surface area contributed by atoms with E-state index in [-0.39, 0.29) is 11.7 Å². The first-order valence-electron chi connectivity index (χ1n) is 8.05. The van der Waals surface area contributed by atoms with Crippen LogP contribution in [0.5, 0.6) is 0 Å². The summed E-state index contributed by atoms with van der Waals surface area (Å²) in [5.41, 5.74) is 1.56. The molecule has 0 unspecified atom stereocenters. The van der Waals surface area contributed by atoms with Gasteiger partial charge in [-0.3, -0.25) is 4.79 Å². The number of thioether (sulfide) groups is 1. The summed E-state index contributed by atoms with van der Waals surface area (Å²) in [5.74, 6) is 6.74. The predicted octanol–water partition coefficient (Wildman–Crippen LogP) is 3.46. The first-order chi connectivity index (χ1) is 12.6. The van der Waals surface area contributed by atoms with Crippen LogP contribution in [-0.4, -0.2) is 33.1 Å². The third-order valence-corrected chi connectivity index (χ3v) is 5.05. The minimum absolute atomic E-state index is 0.0222. The standard InChI is InChI=1S/C18H18ClN5OS/c1-2-23(13-8-4-3-5-9-13)16(25)12-26-18-22-21-17(24(18)20)14-10-6-7-11-15(14)19/h3-11H,2,12,20H2,1H3. The molecule has 0 spiro atoms. The van der Waals surface area contributed by atoms with Crippen molar-refractivity contribution in [2.45, 2.75) is 12.1 Å². The molecule has 26 heavy (non-hydrogen) atoms. The Kier molecular flexibility index (Phi) is 5.80. The number of rotatable bonds is 6. The molecule has 0 bridgehead atoms. The number of carbonyl (C=O) groups is 1. The number of anilines is 1. The largest absolute Gasteiger partial charge is 0.335 e.